The Balaban J connectivity index is 1.25. The molecular formula is C22H22N4O3S. The van der Waals surface area contributed by atoms with Crippen LogP contribution in [0.4, 0.5) is 10.8 Å². The van der Waals surface area contributed by atoms with Gasteiger partial charge in [-0.1, -0.05) is 29.5 Å². The second-order valence-corrected chi connectivity index (χ2v) is 8.58. The van der Waals surface area contributed by atoms with E-state index in [-0.39, 0.29) is 25.0 Å². The molecule has 0 bridgehead atoms. The summed E-state index contributed by atoms with van der Waals surface area (Å²) in [5.41, 5.74) is 2.71. The Kier molecular flexibility index (Phi) is 4.78. The van der Waals surface area contributed by atoms with Crippen LogP contribution in [0, 0.1) is 6.92 Å². The van der Waals surface area contributed by atoms with Gasteiger partial charge in [0.15, 0.2) is 11.7 Å². The van der Waals surface area contributed by atoms with Crippen LogP contribution in [0.3, 0.4) is 0 Å². The second kappa shape index (κ2) is 7.60. The van der Waals surface area contributed by atoms with Crippen LogP contribution in [0.1, 0.15) is 5.56 Å². The highest BCUT2D eigenvalue weighted by Crippen LogP contribution is 2.33. The van der Waals surface area contributed by atoms with E-state index < -0.39 is 0 Å². The average Bonchev–Trinajstić information content (AvgIpc) is 3.20. The van der Waals surface area contributed by atoms with Crippen LogP contribution < -0.4 is 14.5 Å². The summed E-state index contributed by atoms with van der Waals surface area (Å²) in [6, 6.07) is 13.8. The van der Waals surface area contributed by atoms with Crippen LogP contribution in [0.2, 0.25) is 0 Å². The van der Waals surface area contributed by atoms with Gasteiger partial charge in [-0.3, -0.25) is 14.5 Å². The van der Waals surface area contributed by atoms with Crippen molar-refractivity contribution in [2.45, 2.75) is 6.92 Å². The second-order valence-electron chi connectivity index (χ2n) is 7.57. The molecular weight excluding hydrogens is 400 g/mol. The van der Waals surface area contributed by atoms with E-state index in [2.05, 4.69) is 11.0 Å². The number of carbonyl (C=O) groups excluding carboxylic acids is 2. The number of thiazole rings is 1. The number of hydrogen-bond donors (Lipinski definition) is 0. The molecule has 2 amide bonds. The number of carbonyl (C=O) groups is 2. The fourth-order valence-corrected chi connectivity index (χ4v) is 4.88. The van der Waals surface area contributed by atoms with Gasteiger partial charge in [0.05, 0.1) is 15.9 Å². The lowest BCUT2D eigenvalue weighted by Gasteiger charge is -2.36. The topological polar surface area (TPSA) is 66.0 Å². The van der Waals surface area contributed by atoms with Crippen molar-refractivity contribution in [2.24, 2.45) is 0 Å². The molecule has 8 heteroatoms. The predicted octanol–water partition coefficient (Wildman–Crippen LogP) is 2.68. The van der Waals surface area contributed by atoms with Gasteiger partial charge in [-0.15, -0.1) is 0 Å². The van der Waals surface area contributed by atoms with E-state index in [0.29, 0.717) is 24.5 Å². The molecule has 0 atom stereocenters. The Hall–Kier alpha value is -3.13. The van der Waals surface area contributed by atoms with Crippen molar-refractivity contribution < 1.29 is 14.3 Å². The smallest absolute Gasteiger partial charge is 0.265 e. The summed E-state index contributed by atoms with van der Waals surface area (Å²) < 4.78 is 6.68. The normalized spacial score (nSPS) is 16.6. The molecule has 0 radical (unpaired) electrons. The summed E-state index contributed by atoms with van der Waals surface area (Å²) in [7, 11) is 0. The van der Waals surface area contributed by atoms with E-state index in [1.165, 1.54) is 4.70 Å². The van der Waals surface area contributed by atoms with Gasteiger partial charge in [0, 0.05) is 26.2 Å². The van der Waals surface area contributed by atoms with Crippen molar-refractivity contribution in [1.82, 2.24) is 9.88 Å². The molecule has 3 aromatic rings. The lowest BCUT2D eigenvalue weighted by Crippen LogP contribution is -2.53. The number of para-hydroxylation sites is 1. The number of nitrogens with zero attached hydrogens (tertiary/aromatic N) is 4. The molecule has 5 rings (SSSR count). The molecule has 3 heterocycles. The Labute approximate surface area is 178 Å². The van der Waals surface area contributed by atoms with Gasteiger partial charge < -0.3 is 14.5 Å². The number of fused-ring (bicyclic) bond motifs is 2. The molecule has 0 aliphatic carbocycles. The zero-order valence-electron chi connectivity index (χ0n) is 16.7. The molecule has 2 aliphatic heterocycles. The summed E-state index contributed by atoms with van der Waals surface area (Å²) in [5.74, 6) is 0.421. The van der Waals surface area contributed by atoms with Gasteiger partial charge in [0.2, 0.25) is 5.91 Å². The first-order valence-electron chi connectivity index (χ1n) is 10.0. The minimum absolute atomic E-state index is 0.0330. The minimum atomic E-state index is -0.186. The molecule has 0 N–H and O–H groups in total. The Morgan fingerprint density at radius 2 is 1.93 bits per heavy atom. The highest BCUT2D eigenvalue weighted by Gasteiger charge is 2.30. The van der Waals surface area contributed by atoms with Crippen LogP contribution in [0.5, 0.6) is 5.75 Å². The van der Waals surface area contributed by atoms with Crippen LogP contribution in [-0.4, -0.2) is 61.0 Å². The van der Waals surface area contributed by atoms with E-state index in [1.54, 1.807) is 16.2 Å². The molecule has 30 heavy (non-hydrogen) atoms. The number of aryl methyl sites for hydroxylation is 1. The first-order chi connectivity index (χ1) is 14.6. The number of amides is 2. The first-order valence-corrected chi connectivity index (χ1v) is 10.8. The highest BCUT2D eigenvalue weighted by molar-refractivity contribution is 7.22. The molecule has 1 saturated heterocycles. The van der Waals surface area contributed by atoms with Crippen molar-refractivity contribution in [2.75, 3.05) is 49.1 Å². The summed E-state index contributed by atoms with van der Waals surface area (Å²) in [6.45, 7) is 4.67. The Morgan fingerprint density at radius 3 is 2.73 bits per heavy atom. The summed E-state index contributed by atoms with van der Waals surface area (Å²) >= 11 is 1.68. The van der Waals surface area contributed by atoms with Crippen molar-refractivity contribution in [3.05, 3.63) is 48.0 Å². The summed E-state index contributed by atoms with van der Waals surface area (Å²) in [4.78, 5) is 35.7. The van der Waals surface area contributed by atoms with Crippen molar-refractivity contribution in [3.63, 3.8) is 0 Å². The van der Waals surface area contributed by atoms with Crippen LogP contribution in [-0.2, 0) is 9.59 Å². The maximum Gasteiger partial charge on any atom is 0.265 e. The molecule has 7 nitrogen and oxygen atoms in total. The maximum atomic E-state index is 13.0. The molecule has 1 aromatic heterocycles. The quantitative estimate of drug-likeness (QED) is 0.649. The third kappa shape index (κ3) is 3.47. The average molecular weight is 423 g/mol. The maximum absolute atomic E-state index is 13.0. The number of rotatable bonds is 3. The Bertz CT molecular complexity index is 1090. The lowest BCUT2D eigenvalue weighted by molar-refractivity contribution is -0.132. The van der Waals surface area contributed by atoms with Gasteiger partial charge >= 0.3 is 0 Å². The number of aromatic nitrogens is 1. The van der Waals surface area contributed by atoms with E-state index >= 15 is 0 Å². The summed E-state index contributed by atoms with van der Waals surface area (Å²) in [5, 5.41) is 0.996. The lowest BCUT2D eigenvalue weighted by atomic mass is 10.1. The molecule has 2 aliphatic rings. The predicted molar refractivity (Wildman–Crippen MR) is 117 cm³/mol. The monoisotopic (exact) mass is 422 g/mol. The SMILES string of the molecule is Cc1ccc2c(c1)N(CC(=O)N1CCN(c3nc4ccccc4s3)CC1)C(=O)CO2. The van der Waals surface area contributed by atoms with Crippen molar-refractivity contribution in [3.8, 4) is 5.75 Å². The number of piperazine rings is 1. The van der Waals surface area contributed by atoms with Crippen LogP contribution in [0.15, 0.2) is 42.5 Å². The fraction of sp³-hybridized carbons (Fsp3) is 0.318. The van der Waals surface area contributed by atoms with Gasteiger partial charge in [0.25, 0.3) is 5.91 Å². The van der Waals surface area contributed by atoms with E-state index in [9.17, 15) is 9.59 Å². The van der Waals surface area contributed by atoms with E-state index in [0.717, 1.165) is 29.3 Å². The van der Waals surface area contributed by atoms with E-state index in [1.807, 2.05) is 48.2 Å². The number of ether oxygens (including phenoxy) is 1. The number of hydrogen-bond acceptors (Lipinski definition) is 6. The number of anilines is 2. The van der Waals surface area contributed by atoms with Crippen molar-refractivity contribution in [1.29, 1.82) is 0 Å². The number of benzene rings is 2. The molecule has 0 unspecified atom stereocenters. The van der Waals surface area contributed by atoms with Crippen LogP contribution >= 0.6 is 11.3 Å². The minimum Gasteiger partial charge on any atom is -0.482 e. The Morgan fingerprint density at radius 1 is 1.13 bits per heavy atom. The highest BCUT2D eigenvalue weighted by atomic mass is 32.1. The van der Waals surface area contributed by atoms with E-state index in [4.69, 9.17) is 9.72 Å². The third-order valence-corrected chi connectivity index (χ3v) is 6.63. The molecule has 2 aromatic carbocycles. The fourth-order valence-electron chi connectivity index (χ4n) is 3.86. The van der Waals surface area contributed by atoms with Gasteiger partial charge in [-0.05, 0) is 36.8 Å². The molecule has 1 fully saturated rings. The van der Waals surface area contributed by atoms with Crippen molar-refractivity contribution >= 4 is 44.2 Å². The van der Waals surface area contributed by atoms with Gasteiger partial charge in [-0.25, -0.2) is 4.98 Å². The summed E-state index contributed by atoms with van der Waals surface area (Å²) in [6.07, 6.45) is 0. The zero-order chi connectivity index (χ0) is 20.7. The zero-order valence-corrected chi connectivity index (χ0v) is 17.5. The first kappa shape index (κ1) is 18.9. The standard InChI is InChI=1S/C22H22N4O3S/c1-15-6-7-18-17(12-15)26(21(28)14-29-18)13-20(27)24-8-10-25(11-9-24)22-23-16-4-2-3-5-19(16)30-22/h2-7,12H,8-11,13-14H2,1H3. The molecule has 154 valence electrons. The third-order valence-electron chi connectivity index (χ3n) is 5.54. The molecule has 0 saturated carbocycles. The van der Waals surface area contributed by atoms with Gasteiger partial charge in [-0.2, -0.15) is 0 Å². The van der Waals surface area contributed by atoms with Gasteiger partial charge in [0.1, 0.15) is 12.3 Å². The largest absolute Gasteiger partial charge is 0.482 e. The molecule has 0 spiro atoms. The van der Waals surface area contributed by atoms with Crippen LogP contribution in [0.25, 0.3) is 10.2 Å².